The Morgan fingerprint density at radius 2 is 2.32 bits per heavy atom. The lowest BCUT2D eigenvalue weighted by atomic mass is 10.2. The monoisotopic (exact) mass is 420 g/mol. The smallest absolute Gasteiger partial charge is 0.222 e. The van der Waals surface area contributed by atoms with Gasteiger partial charge < -0.3 is 15.5 Å². The lowest BCUT2D eigenvalue weighted by Gasteiger charge is -2.18. The van der Waals surface area contributed by atoms with E-state index < -0.39 is 0 Å². The van der Waals surface area contributed by atoms with Gasteiger partial charge in [0.15, 0.2) is 5.96 Å². The van der Waals surface area contributed by atoms with Gasteiger partial charge in [-0.15, -0.1) is 24.0 Å². The van der Waals surface area contributed by atoms with E-state index in [1.54, 1.807) is 12.6 Å². The molecule has 2 rings (SSSR count). The zero-order valence-electron chi connectivity index (χ0n) is 13.7. The first-order valence-electron chi connectivity index (χ1n) is 8.15. The Morgan fingerprint density at radius 3 is 2.95 bits per heavy atom. The molecule has 0 radical (unpaired) electrons. The van der Waals surface area contributed by atoms with E-state index in [-0.39, 0.29) is 29.9 Å². The van der Waals surface area contributed by atoms with Gasteiger partial charge in [0.25, 0.3) is 0 Å². The number of aliphatic imine (C=N–C) groups is 1. The second-order valence-electron chi connectivity index (χ2n) is 5.83. The first-order valence-corrected chi connectivity index (χ1v) is 8.15. The Kier molecular flexibility index (Phi) is 8.82. The summed E-state index contributed by atoms with van der Waals surface area (Å²) in [5.41, 5.74) is 1.57. The van der Waals surface area contributed by atoms with Crippen molar-refractivity contribution in [1.82, 2.24) is 15.5 Å². The number of amides is 1. The van der Waals surface area contributed by atoms with E-state index >= 15 is 0 Å². The molecule has 5 nitrogen and oxygen atoms in total. The number of hydrogen-bond acceptors (Lipinski definition) is 2. The van der Waals surface area contributed by atoms with E-state index in [9.17, 15) is 4.79 Å². The zero-order chi connectivity index (χ0) is 15.1. The molecule has 1 unspecified atom stereocenters. The van der Waals surface area contributed by atoms with Crippen LogP contribution in [0.3, 0.4) is 0 Å². The number of rotatable bonds is 5. The first kappa shape index (κ1) is 19.3. The summed E-state index contributed by atoms with van der Waals surface area (Å²) in [5, 5.41) is 6.80. The standard InChI is InChI=1S/C16H28N4O.HI/c1-3-15(21)20-11-9-14(12-20)19-16(17-2)18-10-8-13-6-4-5-7-13;/h6,14H,3-5,7-12H2,1-2H3,(H2,17,18,19);1H. The van der Waals surface area contributed by atoms with Crippen molar-refractivity contribution < 1.29 is 4.79 Å². The predicted octanol–water partition coefficient (Wildman–Crippen LogP) is 2.28. The van der Waals surface area contributed by atoms with Crippen molar-refractivity contribution in [2.75, 3.05) is 26.7 Å². The normalized spacial score (nSPS) is 21.4. The van der Waals surface area contributed by atoms with Crippen LogP contribution in [0.25, 0.3) is 0 Å². The van der Waals surface area contributed by atoms with Crippen LogP contribution < -0.4 is 10.6 Å². The summed E-state index contributed by atoms with van der Waals surface area (Å²) in [6, 6.07) is 0.317. The Balaban J connectivity index is 0.00000242. The summed E-state index contributed by atoms with van der Waals surface area (Å²) in [4.78, 5) is 17.9. The average molecular weight is 420 g/mol. The second-order valence-corrected chi connectivity index (χ2v) is 5.83. The number of halogens is 1. The molecule has 22 heavy (non-hydrogen) atoms. The van der Waals surface area contributed by atoms with Gasteiger partial charge in [-0.25, -0.2) is 0 Å². The molecule has 2 N–H and O–H groups in total. The number of hydrogen-bond donors (Lipinski definition) is 2. The predicted molar refractivity (Wildman–Crippen MR) is 102 cm³/mol. The third-order valence-electron chi connectivity index (χ3n) is 4.28. The lowest BCUT2D eigenvalue weighted by Crippen LogP contribution is -2.45. The molecular weight excluding hydrogens is 391 g/mol. The van der Waals surface area contributed by atoms with Crippen molar-refractivity contribution in [3.63, 3.8) is 0 Å². The van der Waals surface area contributed by atoms with Crippen molar-refractivity contribution in [3.05, 3.63) is 11.6 Å². The van der Waals surface area contributed by atoms with Crippen molar-refractivity contribution >= 4 is 35.8 Å². The maximum Gasteiger partial charge on any atom is 0.222 e. The molecule has 0 saturated carbocycles. The van der Waals surface area contributed by atoms with Gasteiger partial charge in [0.2, 0.25) is 5.91 Å². The summed E-state index contributed by atoms with van der Waals surface area (Å²) in [6.07, 6.45) is 8.86. The van der Waals surface area contributed by atoms with Crippen molar-refractivity contribution in [1.29, 1.82) is 0 Å². The van der Waals surface area contributed by atoms with Gasteiger partial charge in [-0.3, -0.25) is 9.79 Å². The first-order chi connectivity index (χ1) is 10.2. The van der Waals surface area contributed by atoms with E-state index in [0.29, 0.717) is 12.5 Å². The molecule has 1 fully saturated rings. The highest BCUT2D eigenvalue weighted by Crippen LogP contribution is 2.19. The Morgan fingerprint density at radius 1 is 1.50 bits per heavy atom. The lowest BCUT2D eigenvalue weighted by molar-refractivity contribution is -0.129. The topological polar surface area (TPSA) is 56.7 Å². The van der Waals surface area contributed by atoms with Gasteiger partial charge >= 0.3 is 0 Å². The van der Waals surface area contributed by atoms with Gasteiger partial charge in [-0.05, 0) is 32.1 Å². The van der Waals surface area contributed by atoms with Crippen LogP contribution in [0.1, 0.15) is 45.4 Å². The number of allylic oxidation sites excluding steroid dienone is 1. The maximum absolute atomic E-state index is 11.7. The minimum atomic E-state index is 0. The molecule has 1 saturated heterocycles. The van der Waals surface area contributed by atoms with E-state index in [2.05, 4.69) is 21.7 Å². The third-order valence-corrected chi connectivity index (χ3v) is 4.28. The highest BCUT2D eigenvalue weighted by atomic mass is 127. The second kappa shape index (κ2) is 10.1. The van der Waals surface area contributed by atoms with Crippen molar-refractivity contribution in [3.8, 4) is 0 Å². The molecule has 6 heteroatoms. The molecule has 0 aromatic heterocycles. The largest absolute Gasteiger partial charge is 0.356 e. The summed E-state index contributed by atoms with van der Waals surface area (Å²) in [5.74, 6) is 1.10. The van der Waals surface area contributed by atoms with Crippen molar-refractivity contribution in [2.24, 2.45) is 4.99 Å². The summed E-state index contributed by atoms with van der Waals surface area (Å²) >= 11 is 0. The number of nitrogens with one attached hydrogen (secondary N) is 2. The van der Waals surface area contributed by atoms with E-state index in [1.807, 2.05) is 11.8 Å². The van der Waals surface area contributed by atoms with Crippen LogP contribution in [0, 0.1) is 0 Å². The minimum Gasteiger partial charge on any atom is -0.356 e. The number of guanidine groups is 1. The summed E-state index contributed by atoms with van der Waals surface area (Å²) in [6.45, 7) is 4.49. The molecule has 126 valence electrons. The van der Waals surface area contributed by atoms with Gasteiger partial charge in [0.05, 0.1) is 0 Å². The quantitative estimate of drug-likeness (QED) is 0.311. The third kappa shape index (κ3) is 5.78. The van der Waals surface area contributed by atoms with Crippen molar-refractivity contribution in [2.45, 2.75) is 51.5 Å². The fourth-order valence-corrected chi connectivity index (χ4v) is 3.02. The molecule has 1 amide bonds. The molecule has 2 aliphatic rings. The summed E-state index contributed by atoms with van der Waals surface area (Å²) < 4.78 is 0. The molecule has 1 atom stereocenters. The molecular formula is C16H29IN4O. The van der Waals surface area contributed by atoms with Gasteiger partial charge in [-0.2, -0.15) is 0 Å². The molecule has 0 bridgehead atoms. The van der Waals surface area contributed by atoms with E-state index in [0.717, 1.165) is 38.4 Å². The maximum atomic E-state index is 11.7. The highest BCUT2D eigenvalue weighted by Gasteiger charge is 2.25. The number of carbonyl (C=O) groups is 1. The number of nitrogens with zero attached hydrogens (tertiary/aromatic N) is 2. The van der Waals surface area contributed by atoms with Crippen LogP contribution in [0.4, 0.5) is 0 Å². The summed E-state index contributed by atoms with van der Waals surface area (Å²) in [7, 11) is 1.80. The fraction of sp³-hybridized carbons (Fsp3) is 0.750. The molecule has 1 heterocycles. The van der Waals surface area contributed by atoms with Crippen LogP contribution in [0.2, 0.25) is 0 Å². The SMILES string of the molecule is CCC(=O)N1CCC(NC(=NC)NCCC2=CCCC2)C1.I. The average Bonchev–Trinajstić information content (AvgIpc) is 3.16. The number of carbonyl (C=O) groups excluding carboxylic acids is 1. The van der Waals surface area contributed by atoms with Gasteiger partial charge in [0.1, 0.15) is 0 Å². The Labute approximate surface area is 151 Å². The van der Waals surface area contributed by atoms with Crippen LogP contribution >= 0.6 is 24.0 Å². The van der Waals surface area contributed by atoms with Crippen LogP contribution in [0.5, 0.6) is 0 Å². The number of likely N-dealkylation sites (tertiary alicyclic amines) is 1. The minimum absolute atomic E-state index is 0. The molecule has 0 spiro atoms. The van der Waals surface area contributed by atoms with Crippen LogP contribution in [-0.2, 0) is 4.79 Å². The zero-order valence-corrected chi connectivity index (χ0v) is 16.1. The molecule has 0 aromatic carbocycles. The Hall–Kier alpha value is -0.790. The van der Waals surface area contributed by atoms with E-state index in [4.69, 9.17) is 0 Å². The van der Waals surface area contributed by atoms with Gasteiger partial charge in [-0.1, -0.05) is 18.6 Å². The fourth-order valence-electron chi connectivity index (χ4n) is 3.02. The molecule has 0 aromatic rings. The van der Waals surface area contributed by atoms with Gasteiger partial charge in [0, 0.05) is 39.1 Å². The molecule has 1 aliphatic heterocycles. The van der Waals surface area contributed by atoms with Crippen LogP contribution in [-0.4, -0.2) is 49.5 Å². The highest BCUT2D eigenvalue weighted by molar-refractivity contribution is 14.0. The Bertz CT molecular complexity index is 422. The van der Waals surface area contributed by atoms with E-state index in [1.165, 1.54) is 19.3 Å². The molecule has 1 aliphatic carbocycles. The van der Waals surface area contributed by atoms with Crippen LogP contribution in [0.15, 0.2) is 16.6 Å².